The third kappa shape index (κ3) is 6.19. The van der Waals surface area contributed by atoms with Gasteiger partial charge in [0.25, 0.3) is 11.8 Å². The molecule has 0 saturated heterocycles. The van der Waals surface area contributed by atoms with Crippen molar-refractivity contribution in [2.24, 2.45) is 5.10 Å². The summed E-state index contributed by atoms with van der Waals surface area (Å²) < 4.78 is 11.2. The second-order valence-electron chi connectivity index (χ2n) is 6.33. The Labute approximate surface area is 194 Å². The second kappa shape index (κ2) is 11.1. The van der Waals surface area contributed by atoms with Crippen LogP contribution in [0.15, 0.2) is 71.5 Å². The van der Waals surface area contributed by atoms with Gasteiger partial charge in [-0.1, -0.05) is 35.9 Å². The molecule has 0 unspecified atom stereocenters. The zero-order valence-corrected chi connectivity index (χ0v) is 18.9. The normalized spacial score (nSPS) is 11.3. The smallest absolute Gasteiger partial charge is 0.287 e. The Morgan fingerprint density at radius 3 is 2.41 bits per heavy atom. The number of rotatable bonds is 8. The Kier molecular flexibility index (Phi) is 8.02. The van der Waals surface area contributed by atoms with Crippen molar-refractivity contribution in [1.29, 1.82) is 0 Å². The molecule has 7 nitrogen and oxygen atoms in total. The average molecular weight is 470 g/mol. The van der Waals surface area contributed by atoms with Crippen LogP contribution in [-0.2, 0) is 4.79 Å². The van der Waals surface area contributed by atoms with Crippen LogP contribution in [0.2, 0.25) is 4.34 Å². The molecule has 3 aromatic rings. The van der Waals surface area contributed by atoms with Gasteiger partial charge in [-0.25, -0.2) is 5.43 Å². The molecule has 2 N–H and O–H groups in total. The van der Waals surface area contributed by atoms with Crippen LogP contribution in [0.4, 0.5) is 0 Å². The van der Waals surface area contributed by atoms with Crippen molar-refractivity contribution in [1.82, 2.24) is 10.7 Å². The molecular formula is C23H20ClN3O4S. The largest absolute Gasteiger partial charge is 0.493 e. The first-order valence-electron chi connectivity index (χ1n) is 9.39. The van der Waals surface area contributed by atoms with Crippen molar-refractivity contribution in [3.8, 4) is 11.5 Å². The predicted octanol–water partition coefficient (Wildman–Crippen LogP) is 4.34. The van der Waals surface area contributed by atoms with Crippen LogP contribution in [0.25, 0.3) is 6.08 Å². The summed E-state index contributed by atoms with van der Waals surface area (Å²) in [7, 11) is 3.05. The molecule has 9 heteroatoms. The summed E-state index contributed by atoms with van der Waals surface area (Å²) in [5, 5.41) is 6.60. The lowest BCUT2D eigenvalue weighted by Crippen LogP contribution is -2.32. The Balaban J connectivity index is 1.86. The summed E-state index contributed by atoms with van der Waals surface area (Å²) in [6.45, 7) is 0. The lowest BCUT2D eigenvalue weighted by Gasteiger charge is -2.11. The summed E-state index contributed by atoms with van der Waals surface area (Å²) in [4.78, 5) is 26.2. The number of hydrazone groups is 1. The van der Waals surface area contributed by atoms with Crippen LogP contribution < -0.4 is 20.2 Å². The number of halogens is 1. The second-order valence-corrected chi connectivity index (χ2v) is 8.08. The SMILES string of the molecule is COc1ccc(/C=C(/NC(=O)c2ccccc2)C(=O)N/N=C/c2ccc(Cl)s2)cc1OC. The molecule has 0 spiro atoms. The highest BCUT2D eigenvalue weighted by molar-refractivity contribution is 7.17. The van der Waals surface area contributed by atoms with Gasteiger partial charge < -0.3 is 14.8 Å². The molecule has 0 aliphatic rings. The van der Waals surface area contributed by atoms with Gasteiger partial charge in [0.05, 0.1) is 24.8 Å². The Hall–Kier alpha value is -3.62. The molecule has 32 heavy (non-hydrogen) atoms. The van der Waals surface area contributed by atoms with Gasteiger partial charge in [-0.3, -0.25) is 9.59 Å². The van der Waals surface area contributed by atoms with Gasteiger partial charge in [0.2, 0.25) is 0 Å². The number of amides is 2. The minimum Gasteiger partial charge on any atom is -0.493 e. The maximum Gasteiger partial charge on any atom is 0.287 e. The number of hydrogen-bond donors (Lipinski definition) is 2. The standard InChI is InChI=1S/C23H20ClN3O4S/c1-30-19-10-8-15(13-20(19)31-2)12-18(26-22(28)16-6-4-3-5-7-16)23(29)27-25-14-17-9-11-21(24)32-17/h3-14H,1-2H3,(H,26,28)(H,27,29)/b18-12+,25-14+. The van der Waals surface area contributed by atoms with Crippen molar-refractivity contribution in [2.45, 2.75) is 0 Å². The zero-order valence-electron chi connectivity index (χ0n) is 17.3. The topological polar surface area (TPSA) is 89.0 Å². The predicted molar refractivity (Wildman–Crippen MR) is 126 cm³/mol. The number of ether oxygens (including phenoxy) is 2. The Bertz CT molecular complexity index is 1160. The van der Waals surface area contributed by atoms with Crippen molar-refractivity contribution >= 4 is 47.0 Å². The molecule has 0 bridgehead atoms. The molecule has 1 heterocycles. The molecule has 0 atom stereocenters. The van der Waals surface area contributed by atoms with E-state index in [1.807, 2.05) is 0 Å². The molecule has 3 rings (SSSR count). The van der Waals surface area contributed by atoms with Crippen LogP contribution in [0.5, 0.6) is 11.5 Å². The van der Waals surface area contributed by atoms with Crippen molar-refractivity contribution < 1.29 is 19.1 Å². The first kappa shape index (κ1) is 23.1. The minimum atomic E-state index is -0.594. The number of hydrogen-bond acceptors (Lipinski definition) is 6. The molecule has 0 radical (unpaired) electrons. The van der Waals surface area contributed by atoms with E-state index >= 15 is 0 Å². The molecule has 0 aliphatic carbocycles. The molecule has 1 aromatic heterocycles. The summed E-state index contributed by atoms with van der Waals surface area (Å²) in [5.74, 6) is 0.00985. The van der Waals surface area contributed by atoms with E-state index in [1.165, 1.54) is 37.8 Å². The van der Waals surface area contributed by atoms with Crippen LogP contribution in [0.1, 0.15) is 20.8 Å². The van der Waals surface area contributed by atoms with Crippen LogP contribution in [0.3, 0.4) is 0 Å². The van der Waals surface area contributed by atoms with E-state index in [0.29, 0.717) is 27.0 Å². The first-order chi connectivity index (χ1) is 15.5. The van der Waals surface area contributed by atoms with E-state index in [1.54, 1.807) is 60.7 Å². The van der Waals surface area contributed by atoms with Gasteiger partial charge >= 0.3 is 0 Å². The van der Waals surface area contributed by atoms with Crippen LogP contribution in [0, 0.1) is 0 Å². The van der Waals surface area contributed by atoms with Gasteiger partial charge in [0.15, 0.2) is 11.5 Å². The first-order valence-corrected chi connectivity index (χ1v) is 10.6. The van der Waals surface area contributed by atoms with Gasteiger partial charge in [-0.15, -0.1) is 11.3 Å². The van der Waals surface area contributed by atoms with Crippen molar-refractivity contribution in [3.05, 3.63) is 86.7 Å². The van der Waals surface area contributed by atoms with E-state index in [2.05, 4.69) is 15.8 Å². The number of benzene rings is 2. The molecule has 0 saturated carbocycles. The van der Waals surface area contributed by atoms with E-state index in [4.69, 9.17) is 21.1 Å². The quantitative estimate of drug-likeness (QED) is 0.292. The molecule has 0 fully saturated rings. The highest BCUT2D eigenvalue weighted by atomic mass is 35.5. The van der Waals surface area contributed by atoms with Gasteiger partial charge in [0.1, 0.15) is 5.70 Å². The minimum absolute atomic E-state index is 0.00688. The number of methoxy groups -OCH3 is 2. The lowest BCUT2D eigenvalue weighted by atomic mass is 10.1. The molecule has 2 amide bonds. The Morgan fingerprint density at radius 1 is 1.00 bits per heavy atom. The highest BCUT2D eigenvalue weighted by Gasteiger charge is 2.15. The number of nitrogens with one attached hydrogen (secondary N) is 2. The average Bonchev–Trinajstić information content (AvgIpc) is 3.23. The summed E-state index contributed by atoms with van der Waals surface area (Å²) >= 11 is 7.22. The fourth-order valence-electron chi connectivity index (χ4n) is 2.66. The van der Waals surface area contributed by atoms with Crippen molar-refractivity contribution in [3.63, 3.8) is 0 Å². The summed E-state index contributed by atoms with van der Waals surface area (Å²) in [5.41, 5.74) is 3.46. The molecule has 164 valence electrons. The third-order valence-corrected chi connectivity index (χ3v) is 5.36. The van der Waals surface area contributed by atoms with E-state index in [-0.39, 0.29) is 5.70 Å². The number of carbonyl (C=O) groups excluding carboxylic acids is 2. The van der Waals surface area contributed by atoms with Gasteiger partial charge in [-0.2, -0.15) is 5.10 Å². The summed E-state index contributed by atoms with van der Waals surface area (Å²) in [6.07, 6.45) is 3.00. The molecule has 2 aromatic carbocycles. The monoisotopic (exact) mass is 469 g/mol. The fourth-order valence-corrected chi connectivity index (χ4v) is 3.60. The fraction of sp³-hybridized carbons (Fsp3) is 0.0870. The third-order valence-electron chi connectivity index (χ3n) is 4.20. The van der Waals surface area contributed by atoms with Crippen molar-refractivity contribution in [2.75, 3.05) is 14.2 Å². The zero-order chi connectivity index (χ0) is 22.9. The number of carbonyl (C=O) groups is 2. The lowest BCUT2D eigenvalue weighted by molar-refractivity contribution is -0.117. The number of thiophene rings is 1. The maximum absolute atomic E-state index is 12.8. The maximum atomic E-state index is 12.8. The number of nitrogens with zero attached hydrogens (tertiary/aromatic N) is 1. The van der Waals surface area contributed by atoms with E-state index in [0.717, 1.165) is 4.88 Å². The summed E-state index contributed by atoms with van der Waals surface area (Å²) in [6, 6.07) is 17.2. The Morgan fingerprint density at radius 2 is 1.75 bits per heavy atom. The van der Waals surface area contributed by atoms with Crippen LogP contribution >= 0.6 is 22.9 Å². The van der Waals surface area contributed by atoms with Gasteiger partial charge in [0, 0.05) is 10.4 Å². The van der Waals surface area contributed by atoms with E-state index < -0.39 is 11.8 Å². The van der Waals surface area contributed by atoms with Crippen LogP contribution in [-0.4, -0.2) is 32.2 Å². The molecule has 0 aliphatic heterocycles. The molecular weight excluding hydrogens is 450 g/mol. The van der Waals surface area contributed by atoms with E-state index in [9.17, 15) is 9.59 Å². The highest BCUT2D eigenvalue weighted by Crippen LogP contribution is 2.28. The van der Waals surface area contributed by atoms with Gasteiger partial charge in [-0.05, 0) is 48.0 Å².